The molecule has 0 heterocycles. The molecule has 0 bridgehead atoms. The fourth-order valence-electron chi connectivity index (χ4n) is 9.37. The first-order valence-electron chi connectivity index (χ1n) is 17.1. The summed E-state index contributed by atoms with van der Waals surface area (Å²) in [5.41, 5.74) is -1.47. The van der Waals surface area contributed by atoms with E-state index in [1.165, 1.54) is 12.1 Å². The Hall–Kier alpha value is -2.18. The van der Waals surface area contributed by atoms with E-state index < -0.39 is 71.5 Å². The Morgan fingerprint density at radius 1 is 0.854 bits per heavy atom. The summed E-state index contributed by atoms with van der Waals surface area (Å²) in [4.78, 5) is 13.5. The van der Waals surface area contributed by atoms with E-state index in [4.69, 9.17) is 0 Å². The number of rotatable bonds is 15. The first-order valence-corrected chi connectivity index (χ1v) is 17.1. The number of aliphatic hydroxyl groups excluding tert-OH is 1. The number of hydrogen-bond donors (Lipinski definition) is 3. The lowest BCUT2D eigenvalue weighted by molar-refractivity contribution is -0.397. The SMILES string of the molecule is CCCCCCCCCC(CCC(F)(F)C(F)(F)C(F)(F)C(F)(F)F)(C(=O)O)C1Cc2cc(O)ccc2C2CC[C@]3(C)C(O)CCC3C21. The first kappa shape index (κ1) is 38.6. The predicted octanol–water partition coefficient (Wildman–Crippen LogP) is 10.3. The minimum atomic E-state index is -7.06. The molecule has 3 aliphatic rings. The van der Waals surface area contributed by atoms with Crippen LogP contribution in [-0.4, -0.2) is 51.3 Å². The molecule has 2 saturated carbocycles. The molecule has 6 unspecified atom stereocenters. The van der Waals surface area contributed by atoms with Gasteiger partial charge in [-0.2, -0.15) is 39.5 Å². The Labute approximate surface area is 275 Å². The molecule has 2 fully saturated rings. The van der Waals surface area contributed by atoms with E-state index >= 15 is 8.78 Å². The van der Waals surface area contributed by atoms with E-state index in [9.17, 15) is 50.8 Å². The maximum absolute atomic E-state index is 15.1. The topological polar surface area (TPSA) is 77.8 Å². The van der Waals surface area contributed by atoms with Crippen LogP contribution in [0.1, 0.15) is 121 Å². The molecule has 3 N–H and O–H groups in total. The molecule has 4 rings (SSSR count). The van der Waals surface area contributed by atoms with Crippen LogP contribution >= 0.6 is 0 Å². The van der Waals surface area contributed by atoms with Crippen molar-refractivity contribution in [2.24, 2.45) is 28.6 Å². The number of phenols is 1. The molecule has 13 heteroatoms. The highest BCUT2D eigenvalue weighted by Crippen LogP contribution is 2.66. The first-order chi connectivity index (χ1) is 22.2. The van der Waals surface area contributed by atoms with Gasteiger partial charge in [-0.3, -0.25) is 4.79 Å². The minimum Gasteiger partial charge on any atom is -0.508 e. The van der Waals surface area contributed by atoms with E-state index in [-0.39, 0.29) is 36.8 Å². The van der Waals surface area contributed by atoms with Crippen LogP contribution in [0.5, 0.6) is 5.75 Å². The van der Waals surface area contributed by atoms with Crippen molar-refractivity contribution in [1.29, 1.82) is 0 Å². The Balaban J connectivity index is 1.79. The second-order valence-corrected chi connectivity index (χ2v) is 14.8. The molecule has 0 saturated heterocycles. The number of hydrogen-bond acceptors (Lipinski definition) is 3. The van der Waals surface area contributed by atoms with Crippen molar-refractivity contribution >= 4 is 5.97 Å². The van der Waals surface area contributed by atoms with Gasteiger partial charge in [-0.25, -0.2) is 0 Å². The summed E-state index contributed by atoms with van der Waals surface area (Å²) >= 11 is 0. The van der Waals surface area contributed by atoms with Gasteiger partial charge in [0.25, 0.3) is 0 Å². The standard InChI is InChI=1S/C35H47F9O4/c1-3-4-5-6-7-8-9-15-31(29(47)48,17-18-32(36,37)33(38,39)34(40,41)35(42,43)44)26-20-21-19-22(45)10-11-23(21)24-14-16-30(2)25(28(24)26)12-13-27(30)46/h10-11,19,24-28,45-46H,3-9,12-18,20H2,1-2H3,(H,47,48)/t24?,25?,26?,27?,28?,30-,31?/m0/s1. The highest BCUT2D eigenvalue weighted by atomic mass is 19.4. The van der Waals surface area contributed by atoms with E-state index in [1.54, 1.807) is 6.07 Å². The van der Waals surface area contributed by atoms with Crippen LogP contribution in [0.2, 0.25) is 0 Å². The number of benzene rings is 1. The van der Waals surface area contributed by atoms with Gasteiger partial charge in [0, 0.05) is 6.42 Å². The number of carboxylic acids is 1. The normalized spacial score (nSPS) is 29.1. The molecule has 4 nitrogen and oxygen atoms in total. The van der Waals surface area contributed by atoms with Gasteiger partial charge in [0.1, 0.15) is 5.75 Å². The third-order valence-electron chi connectivity index (χ3n) is 12.2. The Morgan fingerprint density at radius 2 is 1.48 bits per heavy atom. The van der Waals surface area contributed by atoms with Crippen LogP contribution in [0.3, 0.4) is 0 Å². The summed E-state index contributed by atoms with van der Waals surface area (Å²) < 4.78 is 126. The molecular formula is C35H47F9O4. The number of halogens is 9. The van der Waals surface area contributed by atoms with Gasteiger partial charge < -0.3 is 15.3 Å². The fourth-order valence-corrected chi connectivity index (χ4v) is 9.37. The number of carboxylic acid groups (broad SMARTS) is 1. The largest absolute Gasteiger partial charge is 0.508 e. The summed E-state index contributed by atoms with van der Waals surface area (Å²) in [5.74, 6) is -23.7. The van der Waals surface area contributed by atoms with Crippen LogP contribution in [0, 0.1) is 28.6 Å². The highest BCUT2D eigenvalue weighted by Gasteiger charge is 2.81. The van der Waals surface area contributed by atoms with Crippen molar-refractivity contribution < 1.29 is 59.6 Å². The lowest BCUT2D eigenvalue weighted by atomic mass is 9.47. The zero-order valence-electron chi connectivity index (χ0n) is 27.4. The van der Waals surface area contributed by atoms with Crippen molar-refractivity contribution in [3.8, 4) is 5.75 Å². The Bertz CT molecular complexity index is 1290. The van der Waals surface area contributed by atoms with Crippen molar-refractivity contribution in [1.82, 2.24) is 0 Å². The predicted molar refractivity (Wildman–Crippen MR) is 160 cm³/mol. The third kappa shape index (κ3) is 6.66. The molecule has 48 heavy (non-hydrogen) atoms. The van der Waals surface area contributed by atoms with Crippen molar-refractivity contribution in [3.05, 3.63) is 29.3 Å². The van der Waals surface area contributed by atoms with Crippen LogP contribution < -0.4 is 0 Å². The lowest BCUT2D eigenvalue weighted by Crippen LogP contribution is -2.61. The molecule has 0 radical (unpaired) electrons. The number of aliphatic carboxylic acids is 1. The lowest BCUT2D eigenvalue weighted by Gasteiger charge is -2.56. The Kier molecular flexibility index (Phi) is 11.1. The van der Waals surface area contributed by atoms with Crippen molar-refractivity contribution in [3.63, 3.8) is 0 Å². The molecule has 0 aromatic heterocycles. The second kappa shape index (κ2) is 13.9. The number of alkyl halides is 9. The smallest absolute Gasteiger partial charge is 0.460 e. The van der Waals surface area contributed by atoms with Gasteiger partial charge in [0.2, 0.25) is 0 Å². The number of phenolic OH excluding ortho intramolecular Hbond substituents is 1. The van der Waals surface area contributed by atoms with Gasteiger partial charge >= 0.3 is 29.9 Å². The number of unbranched alkanes of at least 4 members (excludes halogenated alkanes) is 6. The Morgan fingerprint density at radius 3 is 2.08 bits per heavy atom. The summed E-state index contributed by atoms with van der Waals surface area (Å²) in [6.45, 7) is 3.92. The summed E-state index contributed by atoms with van der Waals surface area (Å²) in [6, 6.07) is 4.65. The maximum atomic E-state index is 15.1. The second-order valence-electron chi connectivity index (χ2n) is 14.8. The summed E-state index contributed by atoms with van der Waals surface area (Å²) in [5, 5.41) is 32.3. The third-order valence-corrected chi connectivity index (χ3v) is 12.2. The molecule has 0 spiro atoms. The zero-order chi connectivity index (χ0) is 35.9. The van der Waals surface area contributed by atoms with Gasteiger partial charge in [0.15, 0.2) is 0 Å². The van der Waals surface area contributed by atoms with Crippen molar-refractivity contribution in [2.75, 3.05) is 0 Å². The monoisotopic (exact) mass is 702 g/mol. The number of aliphatic hydroxyl groups is 1. The average Bonchev–Trinajstić information content (AvgIpc) is 3.30. The van der Waals surface area contributed by atoms with Crippen molar-refractivity contribution in [2.45, 2.75) is 146 Å². The summed E-state index contributed by atoms with van der Waals surface area (Å²) in [7, 11) is 0. The highest BCUT2D eigenvalue weighted by molar-refractivity contribution is 5.75. The molecule has 0 aliphatic heterocycles. The minimum absolute atomic E-state index is 0.0585. The molecule has 0 amide bonds. The summed E-state index contributed by atoms with van der Waals surface area (Å²) in [6.07, 6.45) is -4.49. The maximum Gasteiger partial charge on any atom is 0.460 e. The van der Waals surface area contributed by atoms with Crippen LogP contribution in [-0.2, 0) is 11.2 Å². The average molecular weight is 703 g/mol. The van der Waals surface area contributed by atoms with Gasteiger partial charge in [0.05, 0.1) is 11.5 Å². The molecule has 1 aromatic rings. The van der Waals surface area contributed by atoms with E-state index in [0.29, 0.717) is 44.1 Å². The van der Waals surface area contributed by atoms with Gasteiger partial charge in [-0.1, -0.05) is 64.9 Å². The van der Waals surface area contributed by atoms with Crippen LogP contribution in [0.15, 0.2) is 18.2 Å². The number of carbonyl (C=O) groups is 1. The van der Waals surface area contributed by atoms with Crippen LogP contribution in [0.25, 0.3) is 0 Å². The number of aromatic hydroxyl groups is 1. The molecule has 274 valence electrons. The van der Waals surface area contributed by atoms with Gasteiger partial charge in [-0.15, -0.1) is 0 Å². The molecule has 7 atom stereocenters. The fraction of sp³-hybridized carbons (Fsp3) is 0.800. The molecular weight excluding hydrogens is 655 g/mol. The molecule has 3 aliphatic carbocycles. The van der Waals surface area contributed by atoms with Gasteiger partial charge in [-0.05, 0) is 97.3 Å². The molecule has 1 aromatic carbocycles. The quantitative estimate of drug-likeness (QED) is 0.126. The zero-order valence-corrected chi connectivity index (χ0v) is 27.4. The van der Waals surface area contributed by atoms with Crippen LogP contribution in [0.4, 0.5) is 39.5 Å². The van der Waals surface area contributed by atoms with E-state index in [2.05, 4.69) is 0 Å². The van der Waals surface area contributed by atoms with E-state index in [0.717, 1.165) is 31.2 Å². The number of fused-ring (bicyclic) bond motifs is 5. The van der Waals surface area contributed by atoms with E-state index in [1.807, 2.05) is 13.8 Å².